The van der Waals surface area contributed by atoms with Gasteiger partial charge in [0.25, 0.3) is 5.56 Å². The number of rotatable bonds is 8. The van der Waals surface area contributed by atoms with Gasteiger partial charge in [0.05, 0.1) is 12.5 Å². The van der Waals surface area contributed by atoms with Crippen molar-refractivity contribution in [2.75, 3.05) is 6.54 Å². The molecule has 0 aliphatic heterocycles. The summed E-state index contributed by atoms with van der Waals surface area (Å²) in [5, 5.41) is 0. The highest BCUT2D eigenvalue weighted by Crippen LogP contribution is 2.39. The van der Waals surface area contributed by atoms with Crippen LogP contribution in [0, 0.1) is 11.6 Å². The molecule has 0 aliphatic carbocycles. The van der Waals surface area contributed by atoms with Crippen molar-refractivity contribution in [3.05, 3.63) is 94.8 Å². The first-order valence-corrected chi connectivity index (χ1v) is 11.3. The average Bonchev–Trinajstić information content (AvgIpc) is 3.32. The molecule has 0 saturated carbocycles. The van der Waals surface area contributed by atoms with Gasteiger partial charge in [0.2, 0.25) is 11.3 Å². The predicted octanol–water partition coefficient (Wildman–Crippen LogP) is 4.65. The summed E-state index contributed by atoms with van der Waals surface area (Å²) < 4.78 is 62.4. The minimum atomic E-state index is -2.14. The molecule has 2 heterocycles. The number of nitrogens with zero attached hydrogens (tertiary/aromatic N) is 1. The van der Waals surface area contributed by atoms with Crippen LogP contribution in [0.2, 0.25) is 0 Å². The van der Waals surface area contributed by atoms with Crippen molar-refractivity contribution in [3.63, 3.8) is 0 Å². The highest BCUT2D eigenvalue weighted by atomic mass is 32.2. The normalized spacial score (nSPS) is 12.0. The maximum Gasteiger partial charge on any atom is 0.250 e. The van der Waals surface area contributed by atoms with Crippen molar-refractivity contribution in [3.8, 4) is 33.8 Å². The minimum Gasteiger partial charge on any atom is -0.472 e. The van der Waals surface area contributed by atoms with Gasteiger partial charge in [-0.25, -0.2) is 17.7 Å². The van der Waals surface area contributed by atoms with Crippen molar-refractivity contribution >= 4 is 11.3 Å². The summed E-state index contributed by atoms with van der Waals surface area (Å²) >= 11 is -2.14. The summed E-state index contributed by atoms with van der Waals surface area (Å²) in [6, 6.07) is 11.4. The Bertz CT molecular complexity index is 1400. The molecule has 4 rings (SSSR count). The molecule has 0 spiro atoms. The van der Waals surface area contributed by atoms with E-state index in [1.165, 1.54) is 29.2 Å². The molecule has 2 aromatic heterocycles. The molecule has 0 bridgehead atoms. The second kappa shape index (κ2) is 10.1. The second-order valence-electron chi connectivity index (χ2n) is 7.46. The maximum absolute atomic E-state index is 14.3. The molecule has 4 aromatic rings. The van der Waals surface area contributed by atoms with Crippen LogP contribution in [0.1, 0.15) is 5.56 Å². The Morgan fingerprint density at radius 1 is 1.06 bits per heavy atom. The van der Waals surface area contributed by atoms with Crippen LogP contribution in [0.15, 0.2) is 76.5 Å². The highest BCUT2D eigenvalue weighted by Gasteiger charge is 2.18. The van der Waals surface area contributed by atoms with Gasteiger partial charge in [-0.05, 0) is 47.9 Å². The predicted molar refractivity (Wildman–Crippen MR) is 124 cm³/mol. The van der Waals surface area contributed by atoms with Gasteiger partial charge in [0, 0.05) is 48.6 Å². The van der Waals surface area contributed by atoms with Gasteiger partial charge in [-0.15, -0.1) is 0 Å². The topological polar surface area (TPSA) is 93.7 Å². The Hall–Kier alpha value is -3.60. The highest BCUT2D eigenvalue weighted by molar-refractivity contribution is 7.77. The van der Waals surface area contributed by atoms with Crippen LogP contribution in [0.3, 0.4) is 0 Å². The van der Waals surface area contributed by atoms with Crippen LogP contribution in [-0.4, -0.2) is 19.9 Å². The molecule has 176 valence electrons. The zero-order valence-electron chi connectivity index (χ0n) is 18.0. The van der Waals surface area contributed by atoms with Crippen LogP contribution >= 0.6 is 0 Å². The van der Waals surface area contributed by atoms with E-state index in [9.17, 15) is 17.8 Å². The molecule has 1 atom stereocenters. The molecule has 0 fully saturated rings. The zero-order chi connectivity index (χ0) is 24.2. The molecular weight excluding hydrogens is 466 g/mol. The fraction of sp³-hybridized carbons (Fsp3) is 0.125. The minimum absolute atomic E-state index is 0.164. The van der Waals surface area contributed by atoms with Gasteiger partial charge < -0.3 is 13.7 Å². The first kappa shape index (κ1) is 23.6. The van der Waals surface area contributed by atoms with Crippen molar-refractivity contribution in [2.24, 2.45) is 7.05 Å². The summed E-state index contributed by atoms with van der Waals surface area (Å²) in [4.78, 5) is 12.4. The van der Waals surface area contributed by atoms with E-state index < -0.39 is 22.9 Å². The van der Waals surface area contributed by atoms with Crippen molar-refractivity contribution in [1.29, 1.82) is 0 Å². The smallest absolute Gasteiger partial charge is 0.250 e. The van der Waals surface area contributed by atoms with E-state index in [1.54, 1.807) is 37.5 Å². The van der Waals surface area contributed by atoms with Gasteiger partial charge in [-0.1, -0.05) is 6.07 Å². The lowest BCUT2D eigenvalue weighted by Gasteiger charge is -2.17. The van der Waals surface area contributed by atoms with Crippen LogP contribution in [-0.2, 0) is 24.7 Å². The standard InChI is InChI=1S/C24H20F2N2O5S/c1-28-13-20(18(12-24(28)29)16-7-9-32-14-16)19-10-15(6-8-27-34(30)31)2-4-22(19)33-23-5-3-17(25)11-21(23)26/h2-5,7,9-14,27H,6,8H2,1H3,(H,30,31). The van der Waals surface area contributed by atoms with E-state index in [2.05, 4.69) is 4.72 Å². The summed E-state index contributed by atoms with van der Waals surface area (Å²) in [5.74, 6) is -1.48. The van der Waals surface area contributed by atoms with E-state index in [0.29, 0.717) is 28.7 Å². The summed E-state index contributed by atoms with van der Waals surface area (Å²) in [6.45, 7) is 0.233. The van der Waals surface area contributed by atoms with Gasteiger partial charge >= 0.3 is 0 Å². The third kappa shape index (κ3) is 5.30. The number of halogens is 2. The average molecular weight is 486 g/mol. The Balaban J connectivity index is 1.85. The largest absolute Gasteiger partial charge is 0.472 e. The van der Waals surface area contributed by atoms with Crippen LogP contribution in [0.25, 0.3) is 22.3 Å². The monoisotopic (exact) mass is 486 g/mol. The lowest BCUT2D eigenvalue weighted by molar-refractivity contribution is 0.439. The molecule has 1 unspecified atom stereocenters. The fourth-order valence-electron chi connectivity index (χ4n) is 3.49. The number of benzene rings is 2. The Morgan fingerprint density at radius 3 is 2.56 bits per heavy atom. The molecule has 0 saturated heterocycles. The summed E-state index contributed by atoms with van der Waals surface area (Å²) in [6.07, 6.45) is 5.04. The molecule has 2 N–H and O–H groups in total. The van der Waals surface area contributed by atoms with Crippen molar-refractivity contribution in [2.45, 2.75) is 6.42 Å². The van der Waals surface area contributed by atoms with Gasteiger partial charge in [0.1, 0.15) is 11.6 Å². The van der Waals surface area contributed by atoms with Gasteiger partial charge in [-0.3, -0.25) is 9.35 Å². The molecule has 7 nitrogen and oxygen atoms in total. The molecular formula is C24H20F2N2O5S. The number of furan rings is 1. The molecule has 0 radical (unpaired) electrons. The van der Waals surface area contributed by atoms with E-state index in [-0.39, 0.29) is 23.6 Å². The quantitative estimate of drug-likeness (QED) is 0.354. The number of aryl methyl sites for hydroxylation is 1. The number of nitrogens with one attached hydrogen (secondary N) is 1. The molecule has 2 aromatic carbocycles. The number of pyridine rings is 1. The Morgan fingerprint density at radius 2 is 1.85 bits per heavy atom. The Kier molecular flexibility index (Phi) is 7.01. The maximum atomic E-state index is 14.3. The van der Waals surface area contributed by atoms with Crippen LogP contribution in [0.5, 0.6) is 11.5 Å². The SMILES string of the molecule is Cn1cc(-c2cc(CCNS(=O)O)ccc2Oc2ccc(F)cc2F)c(-c2ccoc2)cc1=O. The number of ether oxygens (including phenoxy) is 1. The molecule has 34 heavy (non-hydrogen) atoms. The number of hydrogen-bond acceptors (Lipinski definition) is 4. The van der Waals surface area contributed by atoms with Crippen molar-refractivity contribution in [1.82, 2.24) is 9.29 Å². The van der Waals surface area contributed by atoms with Crippen molar-refractivity contribution < 1.29 is 26.7 Å². The number of hydrogen-bond donors (Lipinski definition) is 2. The van der Waals surface area contributed by atoms with E-state index in [4.69, 9.17) is 13.7 Å². The first-order valence-electron chi connectivity index (χ1n) is 10.2. The Labute approximate surface area is 196 Å². The van der Waals surface area contributed by atoms with Crippen LogP contribution in [0.4, 0.5) is 8.78 Å². The molecule has 0 amide bonds. The number of aromatic nitrogens is 1. The summed E-state index contributed by atoms with van der Waals surface area (Å²) in [5.41, 5.74) is 2.95. The molecule has 10 heteroatoms. The third-order valence-electron chi connectivity index (χ3n) is 5.15. The second-order valence-corrected chi connectivity index (χ2v) is 8.25. The van der Waals surface area contributed by atoms with Gasteiger partial charge in [-0.2, -0.15) is 0 Å². The van der Waals surface area contributed by atoms with E-state index in [0.717, 1.165) is 17.7 Å². The lowest BCUT2D eigenvalue weighted by Crippen LogP contribution is -2.19. The zero-order valence-corrected chi connectivity index (χ0v) is 18.8. The van der Waals surface area contributed by atoms with Crippen LogP contribution < -0.4 is 15.0 Å². The van der Waals surface area contributed by atoms with Gasteiger partial charge in [0.15, 0.2) is 11.6 Å². The van der Waals surface area contributed by atoms with E-state index in [1.807, 2.05) is 0 Å². The lowest BCUT2D eigenvalue weighted by atomic mass is 9.95. The third-order valence-corrected chi connectivity index (χ3v) is 5.60. The van der Waals surface area contributed by atoms with E-state index >= 15 is 0 Å². The summed E-state index contributed by atoms with van der Waals surface area (Å²) in [7, 11) is 1.61. The molecule has 0 aliphatic rings. The fourth-order valence-corrected chi connectivity index (χ4v) is 3.77. The first-order chi connectivity index (χ1) is 16.3.